The van der Waals surface area contributed by atoms with Crippen molar-refractivity contribution in [2.24, 2.45) is 0 Å². The van der Waals surface area contributed by atoms with Gasteiger partial charge >= 0.3 is 0 Å². The van der Waals surface area contributed by atoms with Gasteiger partial charge in [0.15, 0.2) is 9.84 Å². The lowest BCUT2D eigenvalue weighted by molar-refractivity contribution is -0.114. The van der Waals surface area contributed by atoms with Crippen LogP contribution in [-0.2, 0) is 20.4 Å². The van der Waals surface area contributed by atoms with E-state index >= 15 is 0 Å². The molecule has 1 heterocycles. The first kappa shape index (κ1) is 15.8. The van der Waals surface area contributed by atoms with Crippen molar-refractivity contribution >= 4 is 27.4 Å². The Balaban J connectivity index is 2.26. The van der Waals surface area contributed by atoms with Crippen LogP contribution < -0.4 is 11.1 Å². The largest absolute Gasteiger partial charge is 0.366 e. The number of hydrogen-bond acceptors (Lipinski definition) is 7. The summed E-state index contributed by atoms with van der Waals surface area (Å²) in [5.74, 6) is -0.622. The van der Waals surface area contributed by atoms with Crippen LogP contribution in [0.4, 0.5) is 11.6 Å². The number of sulfone groups is 1. The number of carbonyl (C=O) groups excluding carboxylic acids is 1. The molecule has 0 aliphatic heterocycles. The first-order valence-corrected chi connectivity index (χ1v) is 7.99. The second-order valence-electron chi connectivity index (χ2n) is 4.67. The van der Waals surface area contributed by atoms with E-state index in [0.29, 0.717) is 11.4 Å². The topological polar surface area (TPSA) is 128 Å². The maximum absolute atomic E-state index is 12.4. The highest BCUT2D eigenvalue weighted by Crippen LogP contribution is 2.19. The predicted octanol–water partition coefficient (Wildman–Crippen LogP) is 0.695. The van der Waals surface area contributed by atoms with E-state index in [4.69, 9.17) is 5.73 Å². The van der Waals surface area contributed by atoms with Crippen LogP contribution >= 0.6 is 0 Å². The third-order valence-electron chi connectivity index (χ3n) is 2.83. The molecule has 0 bridgehead atoms. The third kappa shape index (κ3) is 3.76. The molecule has 116 valence electrons. The first-order valence-electron chi connectivity index (χ1n) is 6.34. The highest BCUT2D eigenvalue weighted by atomic mass is 32.2. The van der Waals surface area contributed by atoms with Crippen molar-refractivity contribution in [2.75, 3.05) is 11.1 Å². The Morgan fingerprint density at radius 1 is 1.23 bits per heavy atom. The van der Waals surface area contributed by atoms with Crippen LogP contribution in [0.2, 0.25) is 0 Å². The number of benzene rings is 1. The maximum Gasteiger partial charge on any atom is 0.240 e. The van der Waals surface area contributed by atoms with E-state index in [2.05, 4.69) is 20.5 Å². The summed E-state index contributed by atoms with van der Waals surface area (Å²) in [5, 5.41) is 9.89. The molecule has 9 heteroatoms. The normalized spacial score (nSPS) is 11.2. The molecule has 0 saturated carbocycles. The van der Waals surface area contributed by atoms with Crippen LogP contribution in [0.3, 0.4) is 0 Å². The van der Waals surface area contributed by atoms with Gasteiger partial charge in [-0.1, -0.05) is 0 Å². The number of aromatic nitrogens is 3. The van der Waals surface area contributed by atoms with Gasteiger partial charge in [0.05, 0.1) is 22.0 Å². The standard InChI is InChI=1S/C13H15N5O3S/c1-8-12(16-13(14)18-17-8)7-22(20,21)11-5-3-10(4-6-11)15-9(2)19/h3-6H,7H2,1-2H3,(H,15,19)(H2,14,16,18). The SMILES string of the molecule is CC(=O)Nc1ccc(S(=O)(=O)Cc2nc(N)nnc2C)cc1. The Hall–Kier alpha value is -2.55. The number of aryl methyl sites for hydroxylation is 1. The van der Waals surface area contributed by atoms with E-state index < -0.39 is 9.84 Å². The Kier molecular flexibility index (Phi) is 4.36. The number of rotatable bonds is 4. The molecule has 22 heavy (non-hydrogen) atoms. The Morgan fingerprint density at radius 2 is 1.86 bits per heavy atom. The minimum absolute atomic E-state index is 0.0724. The quantitative estimate of drug-likeness (QED) is 0.848. The second kappa shape index (κ2) is 6.06. The summed E-state index contributed by atoms with van der Waals surface area (Å²) in [7, 11) is -3.60. The number of amides is 1. The molecule has 0 unspecified atom stereocenters. The van der Waals surface area contributed by atoms with Gasteiger partial charge < -0.3 is 11.1 Å². The van der Waals surface area contributed by atoms with E-state index in [0.717, 1.165) is 0 Å². The van der Waals surface area contributed by atoms with Crippen molar-refractivity contribution in [1.29, 1.82) is 0 Å². The molecule has 1 aromatic heterocycles. The van der Waals surface area contributed by atoms with E-state index in [-0.39, 0.29) is 28.2 Å². The number of nitrogen functional groups attached to an aromatic ring is 1. The molecule has 0 radical (unpaired) electrons. The van der Waals surface area contributed by atoms with Crippen molar-refractivity contribution in [1.82, 2.24) is 15.2 Å². The zero-order chi connectivity index (χ0) is 16.3. The summed E-state index contributed by atoms with van der Waals surface area (Å²) in [5.41, 5.74) is 6.63. The van der Waals surface area contributed by atoms with E-state index in [1.54, 1.807) is 6.92 Å². The summed E-state index contributed by atoms with van der Waals surface area (Å²) in [6, 6.07) is 5.89. The van der Waals surface area contributed by atoms with Gasteiger partial charge in [-0.3, -0.25) is 4.79 Å². The van der Waals surface area contributed by atoms with Crippen LogP contribution in [0, 0.1) is 6.92 Å². The van der Waals surface area contributed by atoms with Gasteiger partial charge in [0.25, 0.3) is 0 Å². The molecule has 0 saturated heterocycles. The van der Waals surface area contributed by atoms with E-state index in [9.17, 15) is 13.2 Å². The fourth-order valence-corrected chi connectivity index (χ4v) is 3.13. The molecule has 8 nitrogen and oxygen atoms in total. The highest BCUT2D eigenvalue weighted by molar-refractivity contribution is 7.90. The van der Waals surface area contributed by atoms with E-state index in [1.807, 2.05) is 0 Å². The fourth-order valence-electron chi connectivity index (χ4n) is 1.77. The summed E-state index contributed by atoms with van der Waals surface area (Å²) in [6.45, 7) is 2.99. The summed E-state index contributed by atoms with van der Waals surface area (Å²) < 4.78 is 24.8. The number of hydrogen-bond donors (Lipinski definition) is 2. The van der Waals surface area contributed by atoms with Crippen molar-refractivity contribution in [2.45, 2.75) is 24.5 Å². The first-order chi connectivity index (χ1) is 10.3. The lowest BCUT2D eigenvalue weighted by Crippen LogP contribution is -2.11. The maximum atomic E-state index is 12.4. The molecular weight excluding hydrogens is 306 g/mol. The van der Waals surface area contributed by atoms with Crippen LogP contribution in [0.15, 0.2) is 29.2 Å². The molecule has 2 rings (SSSR count). The molecule has 3 N–H and O–H groups in total. The van der Waals surface area contributed by atoms with Crippen molar-refractivity contribution < 1.29 is 13.2 Å². The monoisotopic (exact) mass is 321 g/mol. The number of nitrogens with zero attached hydrogens (tertiary/aromatic N) is 3. The van der Waals surface area contributed by atoms with Crippen LogP contribution in [0.5, 0.6) is 0 Å². The van der Waals surface area contributed by atoms with Gasteiger partial charge in [-0.25, -0.2) is 13.4 Å². The van der Waals surface area contributed by atoms with Gasteiger partial charge in [-0.2, -0.15) is 5.10 Å². The van der Waals surface area contributed by atoms with Gasteiger partial charge in [-0.15, -0.1) is 5.10 Å². The Morgan fingerprint density at radius 3 is 2.45 bits per heavy atom. The van der Waals surface area contributed by atoms with Gasteiger partial charge in [0, 0.05) is 12.6 Å². The zero-order valence-electron chi connectivity index (χ0n) is 12.1. The molecule has 0 aliphatic rings. The second-order valence-corrected chi connectivity index (χ2v) is 6.66. The van der Waals surface area contributed by atoms with Crippen molar-refractivity contribution in [3.05, 3.63) is 35.7 Å². The predicted molar refractivity (Wildman–Crippen MR) is 80.6 cm³/mol. The molecule has 0 fully saturated rings. The molecule has 0 spiro atoms. The minimum atomic E-state index is -3.60. The van der Waals surface area contributed by atoms with Gasteiger partial charge in [0.1, 0.15) is 0 Å². The molecule has 0 atom stereocenters. The van der Waals surface area contributed by atoms with Crippen LogP contribution in [-0.4, -0.2) is 29.5 Å². The zero-order valence-corrected chi connectivity index (χ0v) is 12.9. The van der Waals surface area contributed by atoms with Crippen LogP contribution in [0.1, 0.15) is 18.3 Å². The summed E-state index contributed by atoms with van der Waals surface area (Å²) >= 11 is 0. The Bertz CT molecular complexity index is 803. The number of anilines is 2. The van der Waals surface area contributed by atoms with Gasteiger partial charge in [0.2, 0.25) is 11.9 Å². The van der Waals surface area contributed by atoms with E-state index in [1.165, 1.54) is 31.2 Å². The van der Waals surface area contributed by atoms with Crippen molar-refractivity contribution in [3.63, 3.8) is 0 Å². The average molecular weight is 321 g/mol. The molecule has 2 aromatic rings. The number of nitrogens with one attached hydrogen (secondary N) is 1. The lowest BCUT2D eigenvalue weighted by atomic mass is 10.3. The number of carbonyl (C=O) groups is 1. The third-order valence-corrected chi connectivity index (χ3v) is 4.47. The Labute approximate surface area is 127 Å². The molecule has 0 aliphatic carbocycles. The van der Waals surface area contributed by atoms with Gasteiger partial charge in [-0.05, 0) is 31.2 Å². The molecule has 1 amide bonds. The smallest absolute Gasteiger partial charge is 0.240 e. The minimum Gasteiger partial charge on any atom is -0.366 e. The van der Waals surface area contributed by atoms with Crippen LogP contribution in [0.25, 0.3) is 0 Å². The highest BCUT2D eigenvalue weighted by Gasteiger charge is 2.18. The summed E-state index contributed by atoms with van der Waals surface area (Å²) in [6.07, 6.45) is 0. The lowest BCUT2D eigenvalue weighted by Gasteiger charge is -2.07. The summed E-state index contributed by atoms with van der Waals surface area (Å²) in [4.78, 5) is 15.0. The average Bonchev–Trinajstić information content (AvgIpc) is 2.42. The molecular formula is C13H15N5O3S. The fraction of sp³-hybridized carbons (Fsp3) is 0.231. The van der Waals surface area contributed by atoms with Crippen molar-refractivity contribution in [3.8, 4) is 0 Å². The molecule has 1 aromatic carbocycles. The number of nitrogens with two attached hydrogens (primary N) is 1.